The molecule has 0 aliphatic heterocycles. The summed E-state index contributed by atoms with van der Waals surface area (Å²) in [6, 6.07) is 0. The fourth-order valence-corrected chi connectivity index (χ4v) is 2.33. The maximum atomic E-state index is 9.94. The smallest absolute Gasteiger partial charge is 0.0854 e. The lowest BCUT2D eigenvalue weighted by Gasteiger charge is -2.17. The van der Waals surface area contributed by atoms with Crippen molar-refractivity contribution in [2.75, 3.05) is 0 Å². The normalized spacial score (nSPS) is 14.9. The predicted octanol–water partition coefficient (Wildman–Crippen LogP) is 2.04. The van der Waals surface area contributed by atoms with Gasteiger partial charge in [0.1, 0.15) is 0 Å². The Morgan fingerprint density at radius 3 is 2.47 bits per heavy atom. The molecule has 98 valence electrons. The molecule has 17 heavy (non-hydrogen) atoms. The highest BCUT2D eigenvalue weighted by Gasteiger charge is 2.20. The van der Waals surface area contributed by atoms with E-state index in [0.29, 0.717) is 12.8 Å². The first-order valence-corrected chi connectivity index (χ1v) is 6.88. The number of hydrogen-bond donors (Lipinski definition) is 2. The van der Waals surface area contributed by atoms with E-state index in [2.05, 4.69) is 21.0 Å². The number of nitrogens with zero attached hydrogens (tertiary/aromatic N) is 2. The Labute approximate surface area is 111 Å². The van der Waals surface area contributed by atoms with E-state index in [9.17, 15) is 10.2 Å². The second-order valence-corrected chi connectivity index (χ2v) is 5.08. The van der Waals surface area contributed by atoms with Crippen LogP contribution in [-0.2, 0) is 13.0 Å². The molecule has 0 saturated heterocycles. The maximum absolute atomic E-state index is 9.94. The van der Waals surface area contributed by atoms with Gasteiger partial charge in [0.25, 0.3) is 0 Å². The molecule has 0 bridgehead atoms. The Morgan fingerprint density at radius 1 is 1.29 bits per heavy atom. The van der Waals surface area contributed by atoms with E-state index in [0.717, 1.165) is 28.8 Å². The molecule has 4 nitrogen and oxygen atoms in total. The van der Waals surface area contributed by atoms with Gasteiger partial charge in [-0.25, -0.2) is 0 Å². The number of aryl methyl sites for hydroxylation is 2. The average Bonchev–Trinajstić information content (AvgIpc) is 2.57. The molecule has 0 radical (unpaired) electrons. The predicted molar refractivity (Wildman–Crippen MR) is 71.0 cm³/mol. The van der Waals surface area contributed by atoms with Crippen molar-refractivity contribution in [3.8, 4) is 0 Å². The largest absolute Gasteiger partial charge is 0.390 e. The molecule has 0 fully saturated rings. The van der Waals surface area contributed by atoms with Crippen LogP contribution < -0.4 is 0 Å². The van der Waals surface area contributed by atoms with Gasteiger partial charge >= 0.3 is 0 Å². The Balaban J connectivity index is 2.80. The molecular weight excluding hydrogens is 284 g/mol. The molecule has 1 heterocycles. The average molecular weight is 305 g/mol. The maximum Gasteiger partial charge on any atom is 0.0854 e. The molecule has 0 aromatic carbocycles. The molecule has 0 aliphatic carbocycles. The summed E-state index contributed by atoms with van der Waals surface area (Å²) >= 11 is 3.48. The van der Waals surface area contributed by atoms with Crippen LogP contribution in [0, 0.1) is 6.92 Å². The number of rotatable bonds is 6. The van der Waals surface area contributed by atoms with E-state index in [4.69, 9.17) is 0 Å². The number of hydrogen-bond acceptors (Lipinski definition) is 3. The van der Waals surface area contributed by atoms with Crippen molar-refractivity contribution in [3.05, 3.63) is 15.9 Å². The first-order valence-electron chi connectivity index (χ1n) is 6.09. The van der Waals surface area contributed by atoms with E-state index in [-0.39, 0.29) is 0 Å². The zero-order valence-electron chi connectivity index (χ0n) is 10.6. The Bertz CT molecular complexity index is 366. The zero-order chi connectivity index (χ0) is 13.0. The van der Waals surface area contributed by atoms with Crippen LogP contribution in [0.3, 0.4) is 0 Å². The summed E-state index contributed by atoms with van der Waals surface area (Å²) in [5.41, 5.74) is 1.87. The van der Waals surface area contributed by atoms with Gasteiger partial charge in [-0.2, -0.15) is 5.10 Å². The molecule has 5 heteroatoms. The number of aliphatic hydroxyl groups is 2. The van der Waals surface area contributed by atoms with Crippen molar-refractivity contribution in [2.24, 2.45) is 0 Å². The Kier molecular flexibility index (Phi) is 5.62. The van der Waals surface area contributed by atoms with Gasteiger partial charge in [-0.05, 0) is 36.2 Å². The lowest BCUT2D eigenvalue weighted by Crippen LogP contribution is -2.28. The highest BCUT2D eigenvalue weighted by Crippen LogP contribution is 2.23. The van der Waals surface area contributed by atoms with Crippen LogP contribution in [0.2, 0.25) is 0 Å². The van der Waals surface area contributed by atoms with Crippen molar-refractivity contribution in [1.82, 2.24) is 9.78 Å². The minimum atomic E-state index is -0.729. The van der Waals surface area contributed by atoms with Crippen molar-refractivity contribution >= 4 is 15.9 Å². The second-order valence-electron chi connectivity index (χ2n) is 4.29. The van der Waals surface area contributed by atoms with E-state index in [1.54, 1.807) is 0 Å². The van der Waals surface area contributed by atoms with Crippen LogP contribution in [0.4, 0.5) is 0 Å². The molecule has 0 saturated carbocycles. The molecule has 1 rings (SSSR count). The Hall–Kier alpha value is -0.390. The van der Waals surface area contributed by atoms with Crippen LogP contribution >= 0.6 is 15.9 Å². The van der Waals surface area contributed by atoms with Crippen molar-refractivity contribution in [1.29, 1.82) is 0 Å². The van der Waals surface area contributed by atoms with Crippen molar-refractivity contribution in [2.45, 2.75) is 58.8 Å². The van der Waals surface area contributed by atoms with Crippen LogP contribution in [0.25, 0.3) is 0 Å². The summed E-state index contributed by atoms with van der Waals surface area (Å²) in [6.45, 7) is 6.69. The fraction of sp³-hybridized carbons (Fsp3) is 0.750. The summed E-state index contributed by atoms with van der Waals surface area (Å²) in [6.07, 6.45) is 0.528. The Morgan fingerprint density at radius 2 is 1.94 bits per heavy atom. The molecule has 2 atom stereocenters. The third kappa shape index (κ3) is 3.53. The van der Waals surface area contributed by atoms with Crippen LogP contribution in [0.5, 0.6) is 0 Å². The van der Waals surface area contributed by atoms with Gasteiger partial charge in [0.15, 0.2) is 0 Å². The summed E-state index contributed by atoms with van der Waals surface area (Å²) in [5, 5.41) is 24.1. The fourth-order valence-electron chi connectivity index (χ4n) is 1.89. The molecular formula is C12H21BrN2O2. The lowest BCUT2D eigenvalue weighted by atomic mass is 10.0. The summed E-state index contributed by atoms with van der Waals surface area (Å²) < 4.78 is 2.79. The highest BCUT2D eigenvalue weighted by molar-refractivity contribution is 9.10. The van der Waals surface area contributed by atoms with Crippen LogP contribution in [0.1, 0.15) is 38.1 Å². The van der Waals surface area contributed by atoms with Crippen molar-refractivity contribution in [3.63, 3.8) is 0 Å². The van der Waals surface area contributed by atoms with Gasteiger partial charge in [0.2, 0.25) is 0 Å². The number of halogens is 1. The van der Waals surface area contributed by atoms with Gasteiger partial charge < -0.3 is 10.2 Å². The number of aromatic nitrogens is 2. The SMILES string of the molecule is CCCC(O)C(O)Cc1c(Br)c(C)nn1CC. The number of aliphatic hydroxyl groups excluding tert-OH is 2. The van der Waals surface area contributed by atoms with E-state index >= 15 is 0 Å². The third-order valence-electron chi connectivity index (χ3n) is 2.88. The first-order chi connectivity index (χ1) is 8.01. The topological polar surface area (TPSA) is 58.3 Å². The van der Waals surface area contributed by atoms with E-state index in [1.165, 1.54) is 0 Å². The minimum absolute atomic E-state index is 0.427. The zero-order valence-corrected chi connectivity index (χ0v) is 12.2. The molecule has 1 aromatic rings. The standard InChI is InChI=1S/C12H21BrN2O2/c1-4-6-10(16)11(17)7-9-12(13)8(3)14-15(9)5-2/h10-11,16-17H,4-7H2,1-3H3. The van der Waals surface area contributed by atoms with E-state index < -0.39 is 12.2 Å². The monoisotopic (exact) mass is 304 g/mol. The van der Waals surface area contributed by atoms with Crippen LogP contribution in [0.15, 0.2) is 4.47 Å². The van der Waals surface area contributed by atoms with Gasteiger partial charge in [0, 0.05) is 13.0 Å². The molecule has 2 unspecified atom stereocenters. The van der Waals surface area contributed by atoms with Crippen molar-refractivity contribution < 1.29 is 10.2 Å². The summed E-state index contributed by atoms with van der Waals surface area (Å²) in [7, 11) is 0. The quantitative estimate of drug-likeness (QED) is 0.845. The van der Waals surface area contributed by atoms with Crippen LogP contribution in [-0.4, -0.2) is 32.2 Å². The van der Waals surface area contributed by atoms with Gasteiger partial charge in [-0.15, -0.1) is 0 Å². The molecule has 0 spiro atoms. The van der Waals surface area contributed by atoms with Gasteiger partial charge in [-0.1, -0.05) is 13.3 Å². The molecule has 0 aliphatic rings. The summed E-state index contributed by atoms with van der Waals surface area (Å²) in [4.78, 5) is 0. The first kappa shape index (κ1) is 14.7. The molecule has 2 N–H and O–H groups in total. The van der Waals surface area contributed by atoms with Gasteiger partial charge in [-0.3, -0.25) is 4.68 Å². The molecule has 1 aromatic heterocycles. The van der Waals surface area contributed by atoms with E-state index in [1.807, 2.05) is 25.5 Å². The lowest BCUT2D eigenvalue weighted by molar-refractivity contribution is 0.0136. The third-order valence-corrected chi connectivity index (χ3v) is 3.92. The highest BCUT2D eigenvalue weighted by atomic mass is 79.9. The second kappa shape index (κ2) is 6.52. The summed E-state index contributed by atoms with van der Waals surface area (Å²) in [5.74, 6) is 0. The molecule has 0 amide bonds. The van der Waals surface area contributed by atoms with Gasteiger partial charge in [0.05, 0.1) is 28.1 Å². The minimum Gasteiger partial charge on any atom is -0.390 e.